The standard InChI is InChI=1S/C17H17ClFN3O2/c1-11(23)22-13-6-7-16(14(18)8-13)20-10-17(24)21-9-12-4-2-3-5-15(12)19/h2-8,20H,9-10H2,1H3,(H,21,24)(H,22,23). The highest BCUT2D eigenvalue weighted by molar-refractivity contribution is 6.33. The number of carbonyl (C=O) groups is 2. The Morgan fingerprint density at radius 2 is 1.92 bits per heavy atom. The molecule has 2 rings (SSSR count). The average molecular weight is 350 g/mol. The van der Waals surface area contributed by atoms with E-state index in [-0.39, 0.29) is 30.7 Å². The molecule has 7 heteroatoms. The number of anilines is 2. The monoisotopic (exact) mass is 349 g/mol. The maximum Gasteiger partial charge on any atom is 0.239 e. The van der Waals surface area contributed by atoms with Crippen LogP contribution in [0.5, 0.6) is 0 Å². The van der Waals surface area contributed by atoms with E-state index in [1.807, 2.05) is 0 Å². The van der Waals surface area contributed by atoms with Gasteiger partial charge in [-0.15, -0.1) is 0 Å². The summed E-state index contributed by atoms with van der Waals surface area (Å²) < 4.78 is 13.5. The number of hydrogen-bond donors (Lipinski definition) is 3. The third-order valence-corrected chi connectivity index (χ3v) is 3.48. The molecule has 2 aromatic carbocycles. The van der Waals surface area contributed by atoms with E-state index in [1.165, 1.54) is 13.0 Å². The molecule has 0 unspecified atom stereocenters. The van der Waals surface area contributed by atoms with Crippen LogP contribution in [0, 0.1) is 5.82 Å². The summed E-state index contributed by atoms with van der Waals surface area (Å²) in [7, 11) is 0. The molecule has 0 saturated heterocycles. The predicted octanol–water partition coefficient (Wildman–Crippen LogP) is 3.17. The number of halogens is 2. The maximum absolute atomic E-state index is 13.5. The SMILES string of the molecule is CC(=O)Nc1ccc(NCC(=O)NCc2ccccc2F)c(Cl)c1. The van der Waals surface area contributed by atoms with Crippen molar-refractivity contribution in [2.75, 3.05) is 17.2 Å². The predicted molar refractivity (Wildman–Crippen MR) is 92.5 cm³/mol. The molecule has 0 aliphatic heterocycles. The van der Waals surface area contributed by atoms with Crippen molar-refractivity contribution in [2.24, 2.45) is 0 Å². The third-order valence-electron chi connectivity index (χ3n) is 3.16. The number of benzene rings is 2. The summed E-state index contributed by atoms with van der Waals surface area (Å²) in [5.41, 5.74) is 1.55. The van der Waals surface area contributed by atoms with Crippen LogP contribution >= 0.6 is 11.6 Å². The van der Waals surface area contributed by atoms with Gasteiger partial charge in [0, 0.05) is 24.7 Å². The second kappa shape index (κ2) is 8.31. The van der Waals surface area contributed by atoms with Gasteiger partial charge < -0.3 is 16.0 Å². The Bertz CT molecular complexity index is 752. The Kier molecular flexibility index (Phi) is 6.14. The highest BCUT2D eigenvalue weighted by atomic mass is 35.5. The molecule has 0 atom stereocenters. The summed E-state index contributed by atoms with van der Waals surface area (Å²) in [4.78, 5) is 22.8. The average Bonchev–Trinajstić information content (AvgIpc) is 2.52. The molecule has 2 aromatic rings. The zero-order valence-electron chi connectivity index (χ0n) is 13.0. The van der Waals surface area contributed by atoms with Crippen LogP contribution in [-0.2, 0) is 16.1 Å². The lowest BCUT2D eigenvalue weighted by Crippen LogP contribution is -2.29. The molecule has 126 valence electrons. The quantitative estimate of drug-likeness (QED) is 0.750. The number of hydrogen-bond acceptors (Lipinski definition) is 3. The topological polar surface area (TPSA) is 70.2 Å². The summed E-state index contributed by atoms with van der Waals surface area (Å²) in [6, 6.07) is 11.2. The molecule has 24 heavy (non-hydrogen) atoms. The minimum absolute atomic E-state index is 0.00629. The van der Waals surface area contributed by atoms with Gasteiger partial charge in [0.1, 0.15) is 5.82 Å². The van der Waals surface area contributed by atoms with Crippen LogP contribution in [0.4, 0.5) is 15.8 Å². The number of nitrogens with one attached hydrogen (secondary N) is 3. The van der Waals surface area contributed by atoms with Gasteiger partial charge in [-0.1, -0.05) is 29.8 Å². The van der Waals surface area contributed by atoms with Crippen molar-refractivity contribution >= 4 is 34.8 Å². The van der Waals surface area contributed by atoms with Crippen molar-refractivity contribution < 1.29 is 14.0 Å². The first-order valence-electron chi connectivity index (χ1n) is 7.27. The van der Waals surface area contributed by atoms with E-state index in [0.29, 0.717) is 22.0 Å². The highest BCUT2D eigenvalue weighted by Crippen LogP contribution is 2.25. The van der Waals surface area contributed by atoms with Crippen molar-refractivity contribution in [1.82, 2.24) is 5.32 Å². The van der Waals surface area contributed by atoms with Gasteiger partial charge in [-0.05, 0) is 24.3 Å². The van der Waals surface area contributed by atoms with Crippen molar-refractivity contribution in [3.63, 3.8) is 0 Å². The molecular formula is C17H17ClFN3O2. The second-order valence-electron chi connectivity index (χ2n) is 5.10. The Balaban J connectivity index is 1.85. The van der Waals surface area contributed by atoms with Crippen molar-refractivity contribution in [3.8, 4) is 0 Å². The van der Waals surface area contributed by atoms with Gasteiger partial charge in [-0.25, -0.2) is 4.39 Å². The largest absolute Gasteiger partial charge is 0.375 e. The summed E-state index contributed by atoms with van der Waals surface area (Å²) in [5, 5.41) is 8.51. The van der Waals surface area contributed by atoms with Crippen LogP contribution < -0.4 is 16.0 Å². The molecule has 0 bridgehead atoms. The zero-order chi connectivity index (χ0) is 17.5. The van der Waals surface area contributed by atoms with E-state index in [1.54, 1.807) is 36.4 Å². The first-order valence-corrected chi connectivity index (χ1v) is 7.64. The van der Waals surface area contributed by atoms with Crippen LogP contribution in [0.1, 0.15) is 12.5 Å². The molecule has 0 saturated carbocycles. The van der Waals surface area contributed by atoms with Crippen LogP contribution in [0.25, 0.3) is 0 Å². The van der Waals surface area contributed by atoms with Gasteiger partial charge in [-0.2, -0.15) is 0 Å². The highest BCUT2D eigenvalue weighted by Gasteiger charge is 2.07. The minimum atomic E-state index is -0.359. The third kappa shape index (κ3) is 5.24. The molecule has 0 spiro atoms. The zero-order valence-corrected chi connectivity index (χ0v) is 13.8. The van der Waals surface area contributed by atoms with Gasteiger partial charge in [-0.3, -0.25) is 9.59 Å². The Hall–Kier alpha value is -2.60. The van der Waals surface area contributed by atoms with Crippen molar-refractivity contribution in [1.29, 1.82) is 0 Å². The maximum atomic E-state index is 13.5. The molecule has 0 heterocycles. The molecule has 0 aliphatic carbocycles. The number of amides is 2. The van der Waals surface area contributed by atoms with E-state index in [2.05, 4.69) is 16.0 Å². The fraction of sp³-hybridized carbons (Fsp3) is 0.176. The molecule has 3 N–H and O–H groups in total. The fourth-order valence-electron chi connectivity index (χ4n) is 2.01. The molecule has 5 nitrogen and oxygen atoms in total. The Morgan fingerprint density at radius 3 is 2.58 bits per heavy atom. The molecule has 0 aromatic heterocycles. The fourth-order valence-corrected chi connectivity index (χ4v) is 2.26. The molecule has 0 aliphatic rings. The van der Waals surface area contributed by atoms with Crippen molar-refractivity contribution in [2.45, 2.75) is 13.5 Å². The summed E-state index contributed by atoms with van der Waals surface area (Å²) in [6.07, 6.45) is 0. The first kappa shape index (κ1) is 17.7. The number of rotatable bonds is 6. The molecule has 0 fully saturated rings. The van der Waals surface area contributed by atoms with Gasteiger partial charge >= 0.3 is 0 Å². The van der Waals surface area contributed by atoms with E-state index in [0.717, 1.165) is 0 Å². The van der Waals surface area contributed by atoms with Crippen LogP contribution in [0.15, 0.2) is 42.5 Å². The lowest BCUT2D eigenvalue weighted by Gasteiger charge is -2.11. The Morgan fingerprint density at radius 1 is 1.17 bits per heavy atom. The smallest absolute Gasteiger partial charge is 0.239 e. The second-order valence-corrected chi connectivity index (χ2v) is 5.50. The number of carbonyl (C=O) groups excluding carboxylic acids is 2. The Labute approximate surface area is 144 Å². The van der Waals surface area contributed by atoms with Crippen LogP contribution in [0.3, 0.4) is 0 Å². The van der Waals surface area contributed by atoms with E-state index in [4.69, 9.17) is 11.6 Å². The van der Waals surface area contributed by atoms with Crippen LogP contribution in [0.2, 0.25) is 5.02 Å². The first-order chi connectivity index (χ1) is 11.5. The normalized spacial score (nSPS) is 10.1. The summed E-state index contributed by atoms with van der Waals surface area (Å²) in [5.74, 6) is -0.845. The molecule has 0 radical (unpaired) electrons. The van der Waals surface area contributed by atoms with E-state index >= 15 is 0 Å². The molecular weight excluding hydrogens is 333 g/mol. The van der Waals surface area contributed by atoms with Crippen LogP contribution in [-0.4, -0.2) is 18.4 Å². The van der Waals surface area contributed by atoms with Gasteiger partial charge in [0.05, 0.1) is 17.3 Å². The van der Waals surface area contributed by atoms with E-state index < -0.39 is 0 Å². The van der Waals surface area contributed by atoms with Crippen molar-refractivity contribution in [3.05, 3.63) is 58.9 Å². The van der Waals surface area contributed by atoms with Gasteiger partial charge in [0.2, 0.25) is 11.8 Å². The van der Waals surface area contributed by atoms with E-state index in [9.17, 15) is 14.0 Å². The lowest BCUT2D eigenvalue weighted by molar-refractivity contribution is -0.119. The minimum Gasteiger partial charge on any atom is -0.375 e. The van der Waals surface area contributed by atoms with Gasteiger partial charge in [0.25, 0.3) is 0 Å². The lowest BCUT2D eigenvalue weighted by atomic mass is 10.2. The summed E-state index contributed by atoms with van der Waals surface area (Å²) in [6.45, 7) is 1.51. The summed E-state index contributed by atoms with van der Waals surface area (Å²) >= 11 is 6.09. The van der Waals surface area contributed by atoms with Gasteiger partial charge in [0.15, 0.2) is 0 Å². The molecule has 2 amide bonds.